The van der Waals surface area contributed by atoms with Crippen molar-refractivity contribution in [3.05, 3.63) is 30.3 Å². The molecule has 2 nitrogen and oxygen atoms in total. The van der Waals surface area contributed by atoms with Crippen LogP contribution in [0.3, 0.4) is 0 Å². The van der Waals surface area contributed by atoms with Gasteiger partial charge in [0.05, 0.1) is 0 Å². The Bertz CT molecular complexity index is 246. The highest BCUT2D eigenvalue weighted by molar-refractivity contribution is 7.99. The van der Waals surface area contributed by atoms with E-state index >= 15 is 0 Å². The highest BCUT2D eigenvalue weighted by atomic mass is 32.2. The molecule has 0 atom stereocenters. The summed E-state index contributed by atoms with van der Waals surface area (Å²) in [6.07, 6.45) is 0. The van der Waals surface area contributed by atoms with Gasteiger partial charge in [0, 0.05) is 24.6 Å². The van der Waals surface area contributed by atoms with Crippen LogP contribution in [0.5, 0.6) is 5.75 Å². The van der Waals surface area contributed by atoms with Gasteiger partial charge in [0.2, 0.25) is 0 Å². The lowest BCUT2D eigenvalue weighted by Gasteiger charge is -2.25. The normalized spacial score (nSPS) is 18.5. The first-order chi connectivity index (χ1) is 6.45. The van der Waals surface area contributed by atoms with Crippen LogP contribution >= 0.6 is 11.8 Å². The molecule has 1 aliphatic heterocycles. The van der Waals surface area contributed by atoms with Crippen LogP contribution in [0.4, 0.5) is 0 Å². The van der Waals surface area contributed by atoms with Crippen molar-refractivity contribution >= 4 is 11.8 Å². The van der Waals surface area contributed by atoms with Crippen molar-refractivity contribution in [3.8, 4) is 5.75 Å². The van der Waals surface area contributed by atoms with E-state index in [9.17, 15) is 0 Å². The zero-order valence-electron chi connectivity index (χ0n) is 7.40. The molecule has 69 valence electrons. The average Bonchev–Trinajstić information content (AvgIpc) is 2.21. The molecule has 1 heterocycles. The topological polar surface area (TPSA) is 12.5 Å². The average molecular weight is 194 g/mol. The van der Waals surface area contributed by atoms with Crippen molar-refractivity contribution in [1.82, 2.24) is 5.06 Å². The lowest BCUT2D eigenvalue weighted by molar-refractivity contribution is -0.0488. The Morgan fingerprint density at radius 2 is 1.92 bits per heavy atom. The Morgan fingerprint density at radius 3 is 2.62 bits per heavy atom. The number of hydrogen-bond donors (Lipinski definition) is 0. The highest BCUT2D eigenvalue weighted by Gasteiger charge is 2.11. The summed E-state index contributed by atoms with van der Waals surface area (Å²) >= 11 is 1.98. The Hall–Kier alpha value is -0.670. The molecule has 0 amide bonds. The first kappa shape index (κ1) is 8.91. The molecule has 0 N–H and O–H groups in total. The molecule has 3 heteroatoms. The van der Waals surface area contributed by atoms with E-state index in [0.717, 1.165) is 18.8 Å². The predicted octanol–water partition coefficient (Wildman–Crippen LogP) is 1.83. The fourth-order valence-electron chi connectivity index (χ4n) is 1.22. The molecule has 0 spiro atoms. The molecular formula is C10H12NOS. The quantitative estimate of drug-likeness (QED) is 0.712. The van der Waals surface area contributed by atoms with E-state index in [-0.39, 0.29) is 0 Å². The largest absolute Gasteiger partial charge is 0.406 e. The monoisotopic (exact) mass is 194 g/mol. The van der Waals surface area contributed by atoms with E-state index in [1.165, 1.54) is 11.5 Å². The van der Waals surface area contributed by atoms with Crippen molar-refractivity contribution in [2.45, 2.75) is 0 Å². The molecule has 2 rings (SSSR count). The van der Waals surface area contributed by atoms with Crippen molar-refractivity contribution in [2.24, 2.45) is 0 Å². The lowest BCUT2D eigenvalue weighted by Crippen LogP contribution is -2.35. The van der Waals surface area contributed by atoms with Gasteiger partial charge in [0.15, 0.2) is 0 Å². The van der Waals surface area contributed by atoms with E-state index in [1.807, 2.05) is 41.1 Å². The molecule has 0 aliphatic carbocycles. The molecule has 1 aromatic carbocycles. The molecule has 1 aliphatic rings. The van der Waals surface area contributed by atoms with Crippen LogP contribution in [-0.4, -0.2) is 29.7 Å². The molecule has 0 saturated carbocycles. The molecule has 1 fully saturated rings. The number of hydroxylamine groups is 2. The van der Waals surface area contributed by atoms with Crippen LogP contribution in [-0.2, 0) is 0 Å². The molecule has 1 aromatic rings. The summed E-state index contributed by atoms with van der Waals surface area (Å²) in [5, 5.41) is 2.02. The maximum Gasteiger partial charge on any atom is 0.147 e. The Morgan fingerprint density at radius 1 is 1.23 bits per heavy atom. The zero-order valence-corrected chi connectivity index (χ0v) is 8.22. The van der Waals surface area contributed by atoms with Crippen LogP contribution in [0.1, 0.15) is 0 Å². The van der Waals surface area contributed by atoms with Gasteiger partial charge in [-0.3, -0.25) is 0 Å². The molecular weight excluding hydrogens is 182 g/mol. The highest BCUT2D eigenvalue weighted by Crippen LogP contribution is 2.14. The second kappa shape index (κ2) is 4.53. The van der Waals surface area contributed by atoms with Gasteiger partial charge in [0.25, 0.3) is 0 Å². The summed E-state index contributed by atoms with van der Waals surface area (Å²) in [4.78, 5) is 5.66. The third kappa shape index (κ3) is 2.64. The molecule has 1 saturated heterocycles. The minimum Gasteiger partial charge on any atom is -0.406 e. The van der Waals surface area contributed by atoms with Crippen LogP contribution in [0.2, 0.25) is 0 Å². The summed E-state index contributed by atoms with van der Waals surface area (Å²) in [6.45, 7) is 2.03. The fraction of sp³-hybridized carbons (Fsp3) is 0.400. The van der Waals surface area contributed by atoms with Gasteiger partial charge in [-0.1, -0.05) is 12.1 Å². The van der Waals surface area contributed by atoms with Crippen molar-refractivity contribution < 1.29 is 4.84 Å². The minimum absolute atomic E-state index is 0.908. The summed E-state index contributed by atoms with van der Waals surface area (Å²) in [7, 11) is 0. The molecule has 13 heavy (non-hydrogen) atoms. The molecule has 0 unspecified atom stereocenters. The second-order valence-electron chi connectivity index (χ2n) is 2.87. The summed E-state index contributed by atoms with van der Waals surface area (Å²) < 4.78 is 0. The zero-order chi connectivity index (χ0) is 8.93. The number of rotatable bonds is 2. The third-order valence-electron chi connectivity index (χ3n) is 1.89. The number of thioether (sulfide) groups is 1. The Labute approximate surface area is 82.8 Å². The van der Waals surface area contributed by atoms with Crippen LogP contribution in [0.25, 0.3) is 0 Å². The molecule has 0 aromatic heterocycles. The third-order valence-corrected chi connectivity index (χ3v) is 2.83. The van der Waals surface area contributed by atoms with Gasteiger partial charge >= 0.3 is 0 Å². The van der Waals surface area contributed by atoms with Gasteiger partial charge in [-0.2, -0.15) is 11.8 Å². The van der Waals surface area contributed by atoms with Gasteiger partial charge in [-0.15, -0.1) is 5.06 Å². The summed E-state index contributed by atoms with van der Waals surface area (Å²) in [5.74, 6) is 3.24. The number of hydrogen-bond acceptors (Lipinski definition) is 3. The first-order valence-corrected chi connectivity index (χ1v) is 5.57. The van der Waals surface area contributed by atoms with Gasteiger partial charge in [-0.05, 0) is 18.2 Å². The van der Waals surface area contributed by atoms with Crippen molar-refractivity contribution in [2.75, 3.05) is 24.6 Å². The van der Waals surface area contributed by atoms with Crippen molar-refractivity contribution in [3.63, 3.8) is 0 Å². The number of benzene rings is 1. The SMILES string of the molecule is [c]1ccc(ON2CCSCC2)cc1. The van der Waals surface area contributed by atoms with Gasteiger partial charge in [0.1, 0.15) is 5.75 Å². The molecule has 0 bridgehead atoms. The maximum absolute atomic E-state index is 5.66. The van der Waals surface area contributed by atoms with E-state index in [1.54, 1.807) is 0 Å². The van der Waals surface area contributed by atoms with Crippen LogP contribution in [0.15, 0.2) is 24.3 Å². The lowest BCUT2D eigenvalue weighted by atomic mass is 10.3. The smallest absolute Gasteiger partial charge is 0.147 e. The summed E-state index contributed by atoms with van der Waals surface area (Å²) in [5.41, 5.74) is 0. The maximum atomic E-state index is 5.66. The van der Waals surface area contributed by atoms with E-state index in [4.69, 9.17) is 4.84 Å². The van der Waals surface area contributed by atoms with E-state index in [2.05, 4.69) is 6.07 Å². The first-order valence-electron chi connectivity index (χ1n) is 4.42. The second-order valence-corrected chi connectivity index (χ2v) is 4.09. The Kier molecular flexibility index (Phi) is 3.11. The predicted molar refractivity (Wildman–Crippen MR) is 54.8 cm³/mol. The van der Waals surface area contributed by atoms with Crippen molar-refractivity contribution in [1.29, 1.82) is 0 Å². The summed E-state index contributed by atoms with van der Waals surface area (Å²) in [6, 6.07) is 10.6. The van der Waals surface area contributed by atoms with E-state index < -0.39 is 0 Å². The molecule has 1 radical (unpaired) electrons. The van der Waals surface area contributed by atoms with Gasteiger partial charge in [-0.25, -0.2) is 0 Å². The van der Waals surface area contributed by atoms with Gasteiger partial charge < -0.3 is 4.84 Å². The van der Waals surface area contributed by atoms with Crippen LogP contribution in [0, 0.1) is 6.07 Å². The van der Waals surface area contributed by atoms with E-state index in [0.29, 0.717) is 0 Å². The van der Waals surface area contributed by atoms with Crippen LogP contribution < -0.4 is 4.84 Å². The standard InChI is InChI=1S/C10H12NOS/c1-2-4-10(5-3-1)12-11-6-8-13-9-7-11/h2-5H,6-9H2. The number of nitrogens with zero attached hydrogens (tertiary/aromatic N) is 1. The fourth-order valence-corrected chi connectivity index (χ4v) is 2.09. The minimum atomic E-state index is 0.908. The Balaban J connectivity index is 1.90.